The molecule has 3 N–H and O–H groups in total. The predicted octanol–water partition coefficient (Wildman–Crippen LogP) is 3.90. The summed E-state index contributed by atoms with van der Waals surface area (Å²) in [6, 6.07) is 3.24. The molecule has 154 valence electrons. The number of fused-ring (bicyclic) bond motifs is 1. The Morgan fingerprint density at radius 3 is 2.90 bits per heavy atom. The number of carbonyl (C=O) groups excluding carboxylic acids is 1. The third-order valence-electron chi connectivity index (χ3n) is 5.13. The molecule has 4 rings (SSSR count). The number of nitrogens with one attached hydrogen (secondary N) is 1. The molecule has 1 saturated heterocycles. The van der Waals surface area contributed by atoms with E-state index < -0.39 is 24.3 Å². The topological polar surface area (TPSA) is 90.4 Å². The van der Waals surface area contributed by atoms with Gasteiger partial charge in [-0.2, -0.15) is 0 Å². The van der Waals surface area contributed by atoms with Crippen LogP contribution < -0.4 is 15.8 Å². The van der Waals surface area contributed by atoms with Crippen LogP contribution in [0.3, 0.4) is 0 Å². The fraction of sp³-hybridized carbons (Fsp3) is 0.400. The Kier molecular flexibility index (Phi) is 5.04. The molecular weight excluding hydrogens is 400 g/mol. The number of nitrogens with zero attached hydrogens (tertiary/aromatic N) is 1. The largest absolute Gasteiger partial charge is 0.486 e. The molecule has 0 spiro atoms. The fourth-order valence-corrected chi connectivity index (χ4v) is 4.58. The summed E-state index contributed by atoms with van der Waals surface area (Å²) < 4.78 is 41.4. The molecule has 0 radical (unpaired) electrons. The molecule has 1 aromatic carbocycles. The lowest BCUT2D eigenvalue weighted by molar-refractivity contribution is -0.0423. The van der Waals surface area contributed by atoms with Crippen molar-refractivity contribution in [2.75, 3.05) is 13.1 Å². The molecular formula is C20H21F2N3O3S. The molecule has 2 aromatic heterocycles. The number of benzene rings is 1. The van der Waals surface area contributed by atoms with Crippen molar-refractivity contribution in [3.8, 4) is 5.75 Å². The van der Waals surface area contributed by atoms with E-state index in [1.807, 2.05) is 6.92 Å². The molecule has 1 aliphatic heterocycles. The van der Waals surface area contributed by atoms with Gasteiger partial charge in [0.05, 0.1) is 18.0 Å². The Bertz CT molecular complexity index is 1080. The van der Waals surface area contributed by atoms with Crippen LogP contribution in [0.1, 0.15) is 43.9 Å². The van der Waals surface area contributed by atoms with Crippen LogP contribution in [0.15, 0.2) is 22.7 Å². The lowest BCUT2D eigenvalue weighted by Gasteiger charge is -2.33. The molecule has 3 heterocycles. The summed E-state index contributed by atoms with van der Waals surface area (Å²) in [5, 5.41) is 3.79. The molecule has 0 bridgehead atoms. The molecule has 29 heavy (non-hydrogen) atoms. The molecule has 0 saturated carbocycles. The van der Waals surface area contributed by atoms with Gasteiger partial charge in [0.25, 0.3) is 11.8 Å². The van der Waals surface area contributed by atoms with Crippen molar-refractivity contribution in [3.63, 3.8) is 0 Å². The summed E-state index contributed by atoms with van der Waals surface area (Å²) in [4.78, 5) is 17.4. The highest BCUT2D eigenvalue weighted by Gasteiger charge is 2.45. The molecule has 1 atom stereocenters. The number of primary amides is 1. The van der Waals surface area contributed by atoms with Crippen LogP contribution in [0.5, 0.6) is 5.75 Å². The van der Waals surface area contributed by atoms with Gasteiger partial charge >= 0.3 is 0 Å². The standard InChI is InChI=1S/C20H21F2N3O3S/c1-10-7-25-15(29-10)8-27-13-3-4-14-18(16(19(23)26)11(2)28-14)17(13)12-5-6-24-9-20(12,21)22/h3-4,7,12,24H,5-6,8-9H2,1-2H3,(H2,23,26). The van der Waals surface area contributed by atoms with Crippen LogP contribution in [0.25, 0.3) is 11.0 Å². The van der Waals surface area contributed by atoms with Crippen LogP contribution in [0.4, 0.5) is 8.78 Å². The van der Waals surface area contributed by atoms with Crippen LogP contribution in [0.2, 0.25) is 0 Å². The number of thiazole rings is 1. The number of piperidine rings is 1. The zero-order valence-corrected chi connectivity index (χ0v) is 16.9. The molecule has 3 aromatic rings. The van der Waals surface area contributed by atoms with Gasteiger partial charge in [0.1, 0.15) is 28.7 Å². The van der Waals surface area contributed by atoms with Crippen LogP contribution in [-0.4, -0.2) is 29.9 Å². The van der Waals surface area contributed by atoms with Crippen molar-refractivity contribution >= 4 is 28.2 Å². The number of halogens is 2. The van der Waals surface area contributed by atoms with Gasteiger partial charge in [-0.15, -0.1) is 11.3 Å². The maximum absolute atomic E-state index is 14.9. The first-order chi connectivity index (χ1) is 13.8. The first-order valence-electron chi connectivity index (χ1n) is 9.26. The number of carbonyl (C=O) groups is 1. The van der Waals surface area contributed by atoms with Gasteiger partial charge < -0.3 is 20.2 Å². The average molecular weight is 421 g/mol. The minimum Gasteiger partial charge on any atom is -0.486 e. The van der Waals surface area contributed by atoms with Gasteiger partial charge in [0.2, 0.25) is 0 Å². The number of hydrogen-bond acceptors (Lipinski definition) is 6. The highest BCUT2D eigenvalue weighted by molar-refractivity contribution is 7.11. The van der Waals surface area contributed by atoms with E-state index in [4.69, 9.17) is 14.9 Å². The van der Waals surface area contributed by atoms with Crippen LogP contribution in [-0.2, 0) is 6.61 Å². The zero-order valence-electron chi connectivity index (χ0n) is 16.1. The second kappa shape index (κ2) is 7.38. The van der Waals surface area contributed by atoms with E-state index in [1.165, 1.54) is 11.3 Å². The van der Waals surface area contributed by atoms with E-state index in [2.05, 4.69) is 10.3 Å². The molecule has 0 aliphatic carbocycles. The van der Waals surface area contributed by atoms with Crippen molar-refractivity contribution in [2.24, 2.45) is 5.73 Å². The lowest BCUT2D eigenvalue weighted by atomic mass is 9.83. The smallest absolute Gasteiger partial charge is 0.267 e. The van der Waals surface area contributed by atoms with Crippen molar-refractivity contribution in [1.29, 1.82) is 0 Å². The summed E-state index contributed by atoms with van der Waals surface area (Å²) in [7, 11) is 0. The normalized spacial score (nSPS) is 18.8. The molecule has 1 fully saturated rings. The highest BCUT2D eigenvalue weighted by Crippen LogP contribution is 2.47. The van der Waals surface area contributed by atoms with E-state index >= 15 is 0 Å². The monoisotopic (exact) mass is 421 g/mol. The molecule has 1 aliphatic rings. The number of ether oxygens (including phenoxy) is 1. The van der Waals surface area contributed by atoms with E-state index in [1.54, 1.807) is 25.3 Å². The Balaban J connectivity index is 1.87. The second-order valence-electron chi connectivity index (χ2n) is 7.18. The summed E-state index contributed by atoms with van der Waals surface area (Å²) in [5.74, 6) is -4.26. The second-order valence-corrected chi connectivity index (χ2v) is 8.50. The number of hydrogen-bond donors (Lipinski definition) is 2. The zero-order chi connectivity index (χ0) is 20.8. The predicted molar refractivity (Wildman–Crippen MR) is 106 cm³/mol. The molecule has 1 amide bonds. The van der Waals surface area contributed by atoms with Gasteiger partial charge in [-0.3, -0.25) is 4.79 Å². The Morgan fingerprint density at radius 1 is 1.45 bits per heavy atom. The van der Waals surface area contributed by atoms with Crippen LogP contribution in [0, 0.1) is 13.8 Å². The first-order valence-corrected chi connectivity index (χ1v) is 10.1. The van der Waals surface area contributed by atoms with E-state index in [9.17, 15) is 13.6 Å². The third-order valence-corrected chi connectivity index (χ3v) is 6.01. The van der Waals surface area contributed by atoms with Crippen molar-refractivity contribution in [3.05, 3.63) is 45.1 Å². The fourth-order valence-electron chi connectivity index (χ4n) is 3.88. The average Bonchev–Trinajstić information content (AvgIpc) is 3.21. The summed E-state index contributed by atoms with van der Waals surface area (Å²) in [6.45, 7) is 3.67. The highest BCUT2D eigenvalue weighted by atomic mass is 32.1. The first kappa shape index (κ1) is 19.8. The van der Waals surface area contributed by atoms with E-state index in [-0.39, 0.29) is 24.2 Å². The van der Waals surface area contributed by atoms with E-state index in [0.29, 0.717) is 29.0 Å². The quantitative estimate of drug-likeness (QED) is 0.652. The maximum atomic E-state index is 14.9. The number of nitrogens with two attached hydrogens (primary N) is 1. The Hall–Kier alpha value is -2.52. The minimum atomic E-state index is -3.01. The third kappa shape index (κ3) is 3.60. The number of aromatic nitrogens is 1. The summed E-state index contributed by atoms with van der Waals surface area (Å²) in [5.41, 5.74) is 6.30. The van der Waals surface area contributed by atoms with Gasteiger partial charge in [-0.1, -0.05) is 0 Å². The van der Waals surface area contributed by atoms with Crippen molar-refractivity contribution < 1.29 is 22.7 Å². The number of alkyl halides is 2. The van der Waals surface area contributed by atoms with Gasteiger partial charge in [0.15, 0.2) is 0 Å². The maximum Gasteiger partial charge on any atom is 0.267 e. The van der Waals surface area contributed by atoms with Crippen molar-refractivity contribution in [1.82, 2.24) is 10.3 Å². The molecule has 6 nitrogen and oxygen atoms in total. The summed E-state index contributed by atoms with van der Waals surface area (Å²) >= 11 is 1.48. The van der Waals surface area contributed by atoms with Gasteiger partial charge in [-0.25, -0.2) is 13.8 Å². The SMILES string of the molecule is Cc1cnc(COc2ccc3oc(C)c(C(N)=O)c3c2C2CCNCC2(F)F)s1. The summed E-state index contributed by atoms with van der Waals surface area (Å²) in [6.07, 6.45) is 1.93. The number of amides is 1. The number of furan rings is 1. The molecule has 1 unspecified atom stereocenters. The number of rotatable bonds is 5. The van der Waals surface area contributed by atoms with Gasteiger partial charge in [0, 0.05) is 22.0 Å². The minimum absolute atomic E-state index is 0.125. The van der Waals surface area contributed by atoms with Gasteiger partial charge in [-0.05, 0) is 38.9 Å². The Morgan fingerprint density at radius 2 is 2.24 bits per heavy atom. The van der Waals surface area contributed by atoms with E-state index in [0.717, 1.165) is 9.88 Å². The number of aryl methyl sites for hydroxylation is 2. The molecule has 9 heteroatoms. The lowest BCUT2D eigenvalue weighted by Crippen LogP contribution is -2.44. The Labute approximate surface area is 170 Å². The van der Waals surface area contributed by atoms with Crippen molar-refractivity contribution in [2.45, 2.75) is 38.7 Å². The van der Waals surface area contributed by atoms with Crippen LogP contribution >= 0.6 is 11.3 Å².